The SMILES string of the molecule is CN=C(NCc1cccc(COC(C)C)c1)NC(C)CCS(C)(=O)=O. The Kier molecular flexibility index (Phi) is 8.92. The summed E-state index contributed by atoms with van der Waals surface area (Å²) in [6, 6.07) is 8.24. The molecule has 1 rings (SSSR count). The molecule has 0 radical (unpaired) electrons. The highest BCUT2D eigenvalue weighted by molar-refractivity contribution is 7.90. The molecule has 25 heavy (non-hydrogen) atoms. The van der Waals surface area contributed by atoms with Crippen molar-refractivity contribution in [2.45, 2.75) is 52.5 Å². The van der Waals surface area contributed by atoms with E-state index in [0.717, 1.165) is 11.1 Å². The van der Waals surface area contributed by atoms with E-state index in [0.29, 0.717) is 25.5 Å². The zero-order valence-corrected chi connectivity index (χ0v) is 16.7. The van der Waals surface area contributed by atoms with Crippen LogP contribution in [0.2, 0.25) is 0 Å². The average molecular weight is 370 g/mol. The second-order valence-electron chi connectivity index (χ2n) is 6.57. The van der Waals surface area contributed by atoms with Gasteiger partial charge in [-0.3, -0.25) is 4.99 Å². The Balaban J connectivity index is 2.50. The van der Waals surface area contributed by atoms with E-state index >= 15 is 0 Å². The lowest BCUT2D eigenvalue weighted by molar-refractivity contribution is 0.0657. The van der Waals surface area contributed by atoms with Crippen LogP contribution in [0, 0.1) is 0 Å². The first-order valence-corrected chi connectivity index (χ1v) is 10.6. The zero-order valence-electron chi connectivity index (χ0n) is 15.9. The van der Waals surface area contributed by atoms with Crippen molar-refractivity contribution >= 4 is 15.8 Å². The molecule has 0 fully saturated rings. The highest BCUT2D eigenvalue weighted by atomic mass is 32.2. The van der Waals surface area contributed by atoms with Crippen LogP contribution in [0.5, 0.6) is 0 Å². The molecule has 0 aromatic heterocycles. The monoisotopic (exact) mass is 369 g/mol. The van der Waals surface area contributed by atoms with E-state index in [1.807, 2.05) is 39.0 Å². The van der Waals surface area contributed by atoms with Crippen molar-refractivity contribution in [1.29, 1.82) is 0 Å². The van der Waals surface area contributed by atoms with Crippen molar-refractivity contribution < 1.29 is 13.2 Å². The molecule has 1 aromatic rings. The predicted octanol–water partition coefficient (Wildman–Crippen LogP) is 2.10. The number of benzene rings is 1. The number of nitrogens with one attached hydrogen (secondary N) is 2. The van der Waals surface area contributed by atoms with Gasteiger partial charge in [0.15, 0.2) is 5.96 Å². The van der Waals surface area contributed by atoms with Crippen LogP contribution in [0.3, 0.4) is 0 Å². The summed E-state index contributed by atoms with van der Waals surface area (Å²) in [7, 11) is -1.25. The quantitative estimate of drug-likeness (QED) is 0.515. The van der Waals surface area contributed by atoms with Crippen LogP contribution in [0.25, 0.3) is 0 Å². The number of hydrogen-bond acceptors (Lipinski definition) is 4. The number of sulfone groups is 1. The smallest absolute Gasteiger partial charge is 0.191 e. The lowest BCUT2D eigenvalue weighted by atomic mass is 10.1. The molecule has 0 aliphatic heterocycles. The number of rotatable bonds is 9. The van der Waals surface area contributed by atoms with Crippen LogP contribution >= 0.6 is 0 Å². The van der Waals surface area contributed by atoms with Crippen molar-refractivity contribution in [2.24, 2.45) is 4.99 Å². The van der Waals surface area contributed by atoms with Crippen LogP contribution in [-0.2, 0) is 27.7 Å². The van der Waals surface area contributed by atoms with Gasteiger partial charge in [0, 0.05) is 25.9 Å². The van der Waals surface area contributed by atoms with Crippen molar-refractivity contribution in [3.05, 3.63) is 35.4 Å². The molecule has 142 valence electrons. The molecule has 0 aliphatic carbocycles. The summed E-state index contributed by atoms with van der Waals surface area (Å²) >= 11 is 0. The van der Waals surface area contributed by atoms with Crippen molar-refractivity contribution in [2.75, 3.05) is 19.1 Å². The zero-order chi connectivity index (χ0) is 18.9. The Hall–Kier alpha value is -1.60. The predicted molar refractivity (Wildman–Crippen MR) is 103 cm³/mol. The summed E-state index contributed by atoms with van der Waals surface area (Å²) in [5.74, 6) is 0.820. The fourth-order valence-corrected chi connectivity index (χ4v) is 2.95. The molecule has 0 bridgehead atoms. The summed E-state index contributed by atoms with van der Waals surface area (Å²) in [6.07, 6.45) is 2.00. The molecule has 1 atom stereocenters. The highest BCUT2D eigenvalue weighted by Gasteiger charge is 2.09. The van der Waals surface area contributed by atoms with Crippen molar-refractivity contribution in [1.82, 2.24) is 10.6 Å². The van der Waals surface area contributed by atoms with Gasteiger partial charge in [-0.1, -0.05) is 24.3 Å². The first-order valence-electron chi connectivity index (χ1n) is 8.54. The Morgan fingerprint density at radius 1 is 1.24 bits per heavy atom. The third-order valence-electron chi connectivity index (χ3n) is 3.56. The second kappa shape index (κ2) is 10.4. The van der Waals surface area contributed by atoms with Gasteiger partial charge in [-0.15, -0.1) is 0 Å². The van der Waals surface area contributed by atoms with E-state index in [1.54, 1.807) is 7.05 Å². The molecule has 0 saturated heterocycles. The largest absolute Gasteiger partial charge is 0.374 e. The molecule has 7 heteroatoms. The number of hydrogen-bond donors (Lipinski definition) is 2. The number of aliphatic imine (C=N–C) groups is 1. The van der Waals surface area contributed by atoms with E-state index in [-0.39, 0.29) is 17.9 Å². The van der Waals surface area contributed by atoms with E-state index < -0.39 is 9.84 Å². The molecule has 0 aliphatic rings. The highest BCUT2D eigenvalue weighted by Crippen LogP contribution is 2.08. The summed E-state index contributed by atoms with van der Waals surface area (Å²) in [4.78, 5) is 4.19. The van der Waals surface area contributed by atoms with E-state index in [1.165, 1.54) is 6.26 Å². The molecule has 1 unspecified atom stereocenters. The standard InChI is InChI=1S/C18H31N3O3S/c1-14(2)24-13-17-8-6-7-16(11-17)12-20-18(19-4)21-15(3)9-10-25(5,22)23/h6-8,11,14-15H,9-10,12-13H2,1-5H3,(H2,19,20,21). The maximum absolute atomic E-state index is 11.2. The van der Waals surface area contributed by atoms with Crippen LogP contribution in [-0.4, -0.2) is 45.6 Å². The van der Waals surface area contributed by atoms with Gasteiger partial charge in [-0.2, -0.15) is 0 Å². The molecule has 0 heterocycles. The first kappa shape index (κ1) is 21.4. The lowest BCUT2D eigenvalue weighted by Gasteiger charge is -2.18. The normalized spacial score (nSPS) is 13.8. The second-order valence-corrected chi connectivity index (χ2v) is 8.83. The topological polar surface area (TPSA) is 79.8 Å². The first-order chi connectivity index (χ1) is 11.7. The van der Waals surface area contributed by atoms with Gasteiger partial charge in [0.1, 0.15) is 9.84 Å². The van der Waals surface area contributed by atoms with Crippen molar-refractivity contribution in [3.8, 4) is 0 Å². The van der Waals surface area contributed by atoms with Gasteiger partial charge in [0.2, 0.25) is 0 Å². The van der Waals surface area contributed by atoms with E-state index in [2.05, 4.69) is 21.7 Å². The summed E-state index contributed by atoms with van der Waals surface area (Å²) in [5, 5.41) is 6.47. The molecule has 0 saturated carbocycles. The number of ether oxygens (including phenoxy) is 1. The molecule has 1 aromatic carbocycles. The average Bonchev–Trinajstić information content (AvgIpc) is 2.54. The fraction of sp³-hybridized carbons (Fsp3) is 0.611. The fourth-order valence-electron chi connectivity index (χ4n) is 2.17. The van der Waals surface area contributed by atoms with Gasteiger partial charge in [-0.05, 0) is 38.3 Å². The third kappa shape index (κ3) is 10.1. The van der Waals surface area contributed by atoms with E-state index in [9.17, 15) is 8.42 Å². The summed E-state index contributed by atoms with van der Waals surface area (Å²) < 4.78 is 28.1. The summed E-state index contributed by atoms with van der Waals surface area (Å²) in [5.41, 5.74) is 2.27. The van der Waals surface area contributed by atoms with Gasteiger partial charge < -0.3 is 15.4 Å². The lowest BCUT2D eigenvalue weighted by Crippen LogP contribution is -2.42. The molecule has 0 spiro atoms. The van der Waals surface area contributed by atoms with Crippen LogP contribution in [0.1, 0.15) is 38.3 Å². The molecule has 0 amide bonds. The Morgan fingerprint density at radius 3 is 2.52 bits per heavy atom. The van der Waals surface area contributed by atoms with Gasteiger partial charge >= 0.3 is 0 Å². The van der Waals surface area contributed by atoms with Crippen LogP contribution in [0.4, 0.5) is 0 Å². The maximum atomic E-state index is 11.2. The molecular formula is C18H31N3O3S. The Morgan fingerprint density at radius 2 is 1.92 bits per heavy atom. The van der Waals surface area contributed by atoms with Gasteiger partial charge in [0.05, 0.1) is 18.5 Å². The maximum Gasteiger partial charge on any atom is 0.191 e. The minimum Gasteiger partial charge on any atom is -0.374 e. The van der Waals surface area contributed by atoms with Crippen LogP contribution < -0.4 is 10.6 Å². The number of guanidine groups is 1. The Labute approximate surface area is 152 Å². The molecular weight excluding hydrogens is 338 g/mol. The van der Waals surface area contributed by atoms with Crippen molar-refractivity contribution in [3.63, 3.8) is 0 Å². The van der Waals surface area contributed by atoms with Gasteiger partial charge in [-0.25, -0.2) is 8.42 Å². The third-order valence-corrected chi connectivity index (χ3v) is 4.54. The summed E-state index contributed by atoms with van der Waals surface area (Å²) in [6.45, 7) is 7.22. The van der Waals surface area contributed by atoms with E-state index in [4.69, 9.17) is 4.74 Å². The van der Waals surface area contributed by atoms with Gasteiger partial charge in [0.25, 0.3) is 0 Å². The number of nitrogens with zero attached hydrogens (tertiary/aromatic N) is 1. The van der Waals surface area contributed by atoms with Crippen LogP contribution in [0.15, 0.2) is 29.3 Å². The minimum absolute atomic E-state index is 0.0201. The Bertz CT molecular complexity index is 657. The minimum atomic E-state index is -2.95. The molecule has 2 N–H and O–H groups in total. The molecule has 6 nitrogen and oxygen atoms in total.